The van der Waals surface area contributed by atoms with E-state index in [2.05, 4.69) is 65.4 Å². The Balaban J connectivity index is 1.21. The molecule has 6 heteroatoms. The Bertz CT molecular complexity index is 1080. The van der Waals surface area contributed by atoms with Gasteiger partial charge in [-0.15, -0.1) is 0 Å². The third-order valence-electron chi connectivity index (χ3n) is 6.53. The molecule has 0 spiro atoms. The molecule has 0 saturated carbocycles. The molecule has 0 bridgehead atoms. The van der Waals surface area contributed by atoms with Crippen LogP contribution in [-0.4, -0.2) is 47.9 Å². The summed E-state index contributed by atoms with van der Waals surface area (Å²) in [5.41, 5.74) is 4.97. The third kappa shape index (κ3) is 3.70. The number of fused-ring (bicyclic) bond motifs is 2. The molecule has 1 unspecified atom stereocenters. The molecule has 30 heavy (non-hydrogen) atoms. The highest BCUT2D eigenvalue weighted by Gasteiger charge is 2.24. The van der Waals surface area contributed by atoms with Crippen molar-refractivity contribution in [2.45, 2.75) is 32.6 Å². The van der Waals surface area contributed by atoms with Crippen LogP contribution in [0.2, 0.25) is 0 Å². The second-order valence-electron chi connectivity index (χ2n) is 8.60. The molecule has 2 aliphatic heterocycles. The van der Waals surface area contributed by atoms with Gasteiger partial charge in [0.25, 0.3) is 0 Å². The van der Waals surface area contributed by atoms with Crippen LogP contribution in [0.25, 0.3) is 10.1 Å². The van der Waals surface area contributed by atoms with E-state index in [1.165, 1.54) is 26.8 Å². The van der Waals surface area contributed by atoms with E-state index in [4.69, 9.17) is 4.37 Å². The first-order chi connectivity index (χ1) is 14.6. The average molecular weight is 421 g/mol. The quantitative estimate of drug-likeness (QED) is 0.679. The van der Waals surface area contributed by atoms with Crippen LogP contribution in [0.4, 0.5) is 11.5 Å². The predicted octanol–water partition coefficient (Wildman–Crippen LogP) is 4.42. The van der Waals surface area contributed by atoms with Crippen molar-refractivity contribution in [1.29, 1.82) is 0 Å². The fraction of sp³-hybridized carbons (Fsp3) is 0.417. The number of carbonyl (C=O) groups excluding carboxylic acids is 1. The van der Waals surface area contributed by atoms with Crippen LogP contribution in [-0.2, 0) is 11.2 Å². The maximum absolute atomic E-state index is 11.8. The molecule has 3 aromatic rings. The van der Waals surface area contributed by atoms with Crippen molar-refractivity contribution in [2.24, 2.45) is 0 Å². The Morgan fingerprint density at radius 2 is 1.97 bits per heavy atom. The van der Waals surface area contributed by atoms with E-state index >= 15 is 0 Å². The first kappa shape index (κ1) is 19.5. The van der Waals surface area contributed by atoms with Gasteiger partial charge in [0.2, 0.25) is 5.91 Å². The number of piperazine rings is 1. The minimum atomic E-state index is 0.132. The molecule has 0 radical (unpaired) electrons. The minimum Gasteiger partial charge on any atom is -0.353 e. The number of hydrogen-bond acceptors (Lipinski definition) is 5. The molecule has 1 atom stereocenters. The van der Waals surface area contributed by atoms with Gasteiger partial charge in [-0.25, -0.2) is 0 Å². The fourth-order valence-electron chi connectivity index (χ4n) is 4.71. The van der Waals surface area contributed by atoms with Crippen molar-refractivity contribution < 1.29 is 4.79 Å². The molecule has 5 rings (SSSR count). The van der Waals surface area contributed by atoms with Gasteiger partial charge in [0.1, 0.15) is 5.82 Å². The second-order valence-corrected chi connectivity index (χ2v) is 9.41. The van der Waals surface area contributed by atoms with Crippen LogP contribution in [0.5, 0.6) is 0 Å². The lowest BCUT2D eigenvalue weighted by molar-refractivity contribution is -0.116. The number of rotatable bonds is 4. The monoisotopic (exact) mass is 420 g/mol. The molecule has 2 aliphatic rings. The van der Waals surface area contributed by atoms with Crippen LogP contribution < -0.4 is 10.2 Å². The first-order valence-corrected chi connectivity index (χ1v) is 11.6. The highest BCUT2D eigenvalue weighted by Crippen LogP contribution is 2.34. The summed E-state index contributed by atoms with van der Waals surface area (Å²) in [6.07, 6.45) is 1.64. The van der Waals surface area contributed by atoms with Crippen molar-refractivity contribution in [3.63, 3.8) is 0 Å². The van der Waals surface area contributed by atoms with Crippen molar-refractivity contribution >= 4 is 39.0 Å². The number of nitrogens with one attached hydrogen (secondary N) is 1. The van der Waals surface area contributed by atoms with Gasteiger partial charge in [0, 0.05) is 50.2 Å². The van der Waals surface area contributed by atoms with Gasteiger partial charge in [0.05, 0.1) is 4.70 Å². The number of nitrogens with zero attached hydrogens (tertiary/aromatic N) is 3. The SMILES string of the molecule is Cc1cc2c(cc1CCN1CCN(c3nsc4ccccc34)CC1)C(C)CC(=O)N2. The highest BCUT2D eigenvalue weighted by molar-refractivity contribution is 7.13. The van der Waals surface area contributed by atoms with E-state index in [0.717, 1.165) is 50.6 Å². The van der Waals surface area contributed by atoms with E-state index in [-0.39, 0.29) is 5.91 Å². The Hall–Kier alpha value is -2.44. The van der Waals surface area contributed by atoms with Crippen LogP contribution in [0.1, 0.15) is 36.0 Å². The van der Waals surface area contributed by atoms with Crippen molar-refractivity contribution in [3.8, 4) is 0 Å². The van der Waals surface area contributed by atoms with Gasteiger partial charge in [-0.05, 0) is 65.7 Å². The number of amides is 1. The molecule has 5 nitrogen and oxygen atoms in total. The van der Waals surface area contributed by atoms with E-state index < -0.39 is 0 Å². The number of carbonyl (C=O) groups is 1. The van der Waals surface area contributed by atoms with Crippen molar-refractivity contribution in [3.05, 3.63) is 53.1 Å². The summed E-state index contributed by atoms with van der Waals surface area (Å²) in [5, 5.41) is 4.31. The number of aryl methyl sites for hydroxylation is 1. The maximum Gasteiger partial charge on any atom is 0.224 e. The molecule has 1 N–H and O–H groups in total. The Kier molecular flexibility index (Phi) is 5.21. The largest absolute Gasteiger partial charge is 0.353 e. The van der Waals surface area contributed by atoms with Gasteiger partial charge in [-0.2, -0.15) is 4.37 Å². The topological polar surface area (TPSA) is 48.5 Å². The van der Waals surface area contributed by atoms with Crippen molar-refractivity contribution in [1.82, 2.24) is 9.27 Å². The lowest BCUT2D eigenvalue weighted by atomic mass is 9.88. The number of hydrogen-bond donors (Lipinski definition) is 1. The summed E-state index contributed by atoms with van der Waals surface area (Å²) in [6, 6.07) is 13.0. The summed E-state index contributed by atoms with van der Waals surface area (Å²) in [7, 11) is 0. The van der Waals surface area contributed by atoms with E-state index in [1.54, 1.807) is 11.5 Å². The molecule has 1 saturated heterocycles. The Morgan fingerprint density at radius 3 is 2.80 bits per heavy atom. The zero-order valence-electron chi connectivity index (χ0n) is 17.6. The van der Waals surface area contributed by atoms with E-state index in [0.29, 0.717) is 12.3 Å². The zero-order valence-corrected chi connectivity index (χ0v) is 18.5. The molecule has 1 fully saturated rings. The fourth-order valence-corrected chi connectivity index (χ4v) is 5.50. The van der Waals surface area contributed by atoms with Gasteiger partial charge < -0.3 is 10.2 Å². The third-order valence-corrected chi connectivity index (χ3v) is 7.35. The minimum absolute atomic E-state index is 0.132. The zero-order chi connectivity index (χ0) is 20.7. The molecular weight excluding hydrogens is 392 g/mol. The van der Waals surface area contributed by atoms with Crippen LogP contribution in [0.3, 0.4) is 0 Å². The lowest BCUT2D eigenvalue weighted by Gasteiger charge is -2.35. The Labute approximate surface area is 181 Å². The molecule has 1 amide bonds. The summed E-state index contributed by atoms with van der Waals surface area (Å²) in [5.74, 6) is 1.58. The summed E-state index contributed by atoms with van der Waals surface area (Å²) >= 11 is 1.60. The highest BCUT2D eigenvalue weighted by atomic mass is 32.1. The normalized spacial score (nSPS) is 19.7. The van der Waals surface area contributed by atoms with Crippen LogP contribution in [0, 0.1) is 6.92 Å². The van der Waals surface area contributed by atoms with Crippen LogP contribution >= 0.6 is 11.5 Å². The van der Waals surface area contributed by atoms with Gasteiger partial charge in [0.15, 0.2) is 0 Å². The van der Waals surface area contributed by atoms with Crippen molar-refractivity contribution in [2.75, 3.05) is 42.9 Å². The number of benzene rings is 2. The average Bonchev–Trinajstić information content (AvgIpc) is 3.17. The summed E-state index contributed by atoms with van der Waals surface area (Å²) in [4.78, 5) is 16.8. The number of aromatic nitrogens is 1. The van der Waals surface area contributed by atoms with Gasteiger partial charge in [-0.3, -0.25) is 9.69 Å². The van der Waals surface area contributed by atoms with Gasteiger partial charge in [-0.1, -0.05) is 25.1 Å². The molecule has 3 heterocycles. The maximum atomic E-state index is 11.8. The smallest absolute Gasteiger partial charge is 0.224 e. The molecule has 156 valence electrons. The predicted molar refractivity (Wildman–Crippen MR) is 125 cm³/mol. The molecule has 1 aromatic heterocycles. The summed E-state index contributed by atoms with van der Waals surface area (Å²) < 4.78 is 5.99. The second kappa shape index (κ2) is 8.00. The standard InChI is InChI=1S/C24H28N4OS/c1-16-13-21-20(17(2)14-23(29)25-21)15-18(16)7-8-27-9-11-28(12-10-27)24-19-5-3-4-6-22(19)30-26-24/h3-6,13,15,17H,7-12,14H2,1-2H3,(H,25,29). The lowest BCUT2D eigenvalue weighted by Crippen LogP contribution is -2.47. The molecule has 2 aromatic carbocycles. The van der Waals surface area contributed by atoms with Gasteiger partial charge >= 0.3 is 0 Å². The summed E-state index contributed by atoms with van der Waals surface area (Å²) in [6.45, 7) is 9.58. The molecule has 0 aliphatic carbocycles. The molecular formula is C24H28N4OS. The first-order valence-electron chi connectivity index (χ1n) is 10.8. The van der Waals surface area contributed by atoms with Crippen LogP contribution in [0.15, 0.2) is 36.4 Å². The number of anilines is 2. The van der Waals surface area contributed by atoms with E-state index in [1.807, 2.05) is 0 Å². The Morgan fingerprint density at radius 1 is 1.17 bits per heavy atom. The van der Waals surface area contributed by atoms with E-state index in [9.17, 15) is 4.79 Å².